The normalized spacial score (nSPS) is 12.2. The second kappa shape index (κ2) is 8.87. The number of halogens is 1. The average molecular weight is 417 g/mol. The van der Waals surface area contributed by atoms with E-state index in [0.29, 0.717) is 16.5 Å². The molecular weight excluding hydrogens is 388 g/mol. The smallest absolute Gasteiger partial charge is 0.277 e. The van der Waals surface area contributed by atoms with Gasteiger partial charge in [-0.05, 0) is 52.8 Å². The fourth-order valence-corrected chi connectivity index (χ4v) is 2.89. The molecule has 2 aromatic rings. The molecule has 2 N–H and O–H groups in total. The zero-order chi connectivity index (χ0) is 21.8. The number of carbonyl (C=O) groups excluding carboxylic acids is 1. The molecule has 6 heteroatoms. The van der Waals surface area contributed by atoms with Crippen molar-refractivity contribution in [2.45, 2.75) is 52.4 Å². The highest BCUT2D eigenvalue weighted by atomic mass is 35.5. The van der Waals surface area contributed by atoms with E-state index in [-0.39, 0.29) is 23.3 Å². The Bertz CT molecular complexity index is 857. The van der Waals surface area contributed by atoms with E-state index in [2.05, 4.69) is 10.5 Å². The van der Waals surface area contributed by atoms with Gasteiger partial charge >= 0.3 is 0 Å². The standard InChI is InChI=1S/C23H29ClN2O3/c1-22(2,3)18-11-15(12-19(21(18)28)23(4,5)6)13-25-26-20(27)14-29-17-9-7-16(24)8-10-17/h7-13,28H,14H2,1-6H3,(H,26,27)/b25-13-. The molecule has 2 rings (SSSR count). The number of nitrogens with one attached hydrogen (secondary N) is 1. The molecule has 0 fully saturated rings. The molecule has 0 spiro atoms. The van der Waals surface area contributed by atoms with Gasteiger partial charge in [0.05, 0.1) is 6.21 Å². The summed E-state index contributed by atoms with van der Waals surface area (Å²) in [5.74, 6) is 0.487. The van der Waals surface area contributed by atoms with Crippen LogP contribution >= 0.6 is 11.6 Å². The third-order valence-electron chi connectivity index (χ3n) is 4.33. The highest BCUT2D eigenvalue weighted by Gasteiger charge is 2.26. The second-order valence-corrected chi connectivity index (χ2v) is 9.44. The molecule has 0 aliphatic rings. The second-order valence-electron chi connectivity index (χ2n) is 9.00. The molecule has 0 aliphatic carbocycles. The number of phenols is 1. The zero-order valence-electron chi connectivity index (χ0n) is 17.8. The van der Waals surface area contributed by atoms with Gasteiger partial charge in [0.15, 0.2) is 6.61 Å². The van der Waals surface area contributed by atoms with Crippen LogP contribution in [0.1, 0.15) is 58.2 Å². The minimum absolute atomic E-state index is 0.158. The molecule has 0 radical (unpaired) electrons. The van der Waals surface area contributed by atoms with Crippen LogP contribution in [0.3, 0.4) is 0 Å². The van der Waals surface area contributed by atoms with Gasteiger partial charge in [-0.15, -0.1) is 0 Å². The SMILES string of the molecule is CC(C)(C)c1cc(/C=N\NC(=O)COc2ccc(Cl)cc2)cc(C(C)(C)C)c1O. The van der Waals surface area contributed by atoms with Crippen LogP contribution in [0.4, 0.5) is 0 Å². The fourth-order valence-electron chi connectivity index (χ4n) is 2.77. The molecule has 2 aromatic carbocycles. The van der Waals surface area contributed by atoms with Crippen LogP contribution in [0.5, 0.6) is 11.5 Å². The van der Waals surface area contributed by atoms with Crippen molar-refractivity contribution in [2.24, 2.45) is 5.10 Å². The van der Waals surface area contributed by atoms with Crippen molar-refractivity contribution in [1.82, 2.24) is 5.43 Å². The van der Waals surface area contributed by atoms with Gasteiger partial charge in [0.1, 0.15) is 11.5 Å². The number of nitrogens with zero attached hydrogens (tertiary/aromatic N) is 1. The van der Waals surface area contributed by atoms with Gasteiger partial charge in [-0.25, -0.2) is 5.43 Å². The largest absolute Gasteiger partial charge is 0.507 e. The van der Waals surface area contributed by atoms with Crippen molar-refractivity contribution in [1.29, 1.82) is 0 Å². The average Bonchev–Trinajstić information content (AvgIpc) is 2.60. The zero-order valence-corrected chi connectivity index (χ0v) is 18.6. The maximum Gasteiger partial charge on any atom is 0.277 e. The Morgan fingerprint density at radius 3 is 2.07 bits per heavy atom. The molecular formula is C23H29ClN2O3. The first-order chi connectivity index (χ1) is 13.4. The summed E-state index contributed by atoms with van der Waals surface area (Å²) in [7, 11) is 0. The molecule has 0 saturated heterocycles. The number of rotatable bonds is 5. The van der Waals surface area contributed by atoms with Crippen molar-refractivity contribution in [3.63, 3.8) is 0 Å². The number of carbonyl (C=O) groups is 1. The van der Waals surface area contributed by atoms with E-state index in [4.69, 9.17) is 16.3 Å². The van der Waals surface area contributed by atoms with E-state index in [0.717, 1.165) is 16.7 Å². The van der Waals surface area contributed by atoms with Crippen LogP contribution in [0.2, 0.25) is 5.02 Å². The Kier molecular flexibility index (Phi) is 6.96. The molecule has 0 aliphatic heterocycles. The third kappa shape index (κ3) is 6.50. The Morgan fingerprint density at radius 2 is 1.59 bits per heavy atom. The number of aromatic hydroxyl groups is 1. The van der Waals surface area contributed by atoms with Crippen molar-refractivity contribution >= 4 is 23.7 Å². The molecule has 0 saturated carbocycles. The molecule has 0 bridgehead atoms. The first-order valence-corrected chi connectivity index (χ1v) is 9.84. The van der Waals surface area contributed by atoms with Crippen LogP contribution in [0.25, 0.3) is 0 Å². The molecule has 0 atom stereocenters. The molecule has 1 amide bonds. The lowest BCUT2D eigenvalue weighted by Crippen LogP contribution is -2.24. The van der Waals surface area contributed by atoms with Crippen molar-refractivity contribution in [3.05, 3.63) is 58.1 Å². The predicted octanol–water partition coefficient (Wildman–Crippen LogP) is 5.17. The summed E-state index contributed by atoms with van der Waals surface area (Å²) in [6, 6.07) is 10.6. The summed E-state index contributed by atoms with van der Waals surface area (Å²) in [5, 5.41) is 15.4. The molecule has 0 unspecified atom stereocenters. The Labute approximate surface area is 177 Å². The maximum absolute atomic E-state index is 12.0. The van der Waals surface area contributed by atoms with Crippen LogP contribution in [-0.2, 0) is 15.6 Å². The minimum Gasteiger partial charge on any atom is -0.507 e. The summed E-state index contributed by atoms with van der Waals surface area (Å²) in [6.07, 6.45) is 1.57. The highest BCUT2D eigenvalue weighted by Crippen LogP contribution is 2.39. The van der Waals surface area contributed by atoms with Gasteiger partial charge in [-0.2, -0.15) is 5.10 Å². The number of hydrazone groups is 1. The van der Waals surface area contributed by atoms with Gasteiger partial charge in [-0.1, -0.05) is 53.1 Å². The van der Waals surface area contributed by atoms with Crippen LogP contribution in [0.15, 0.2) is 41.5 Å². The van der Waals surface area contributed by atoms with Crippen molar-refractivity contribution in [3.8, 4) is 11.5 Å². The number of amides is 1. The third-order valence-corrected chi connectivity index (χ3v) is 4.59. The number of hydrogen-bond acceptors (Lipinski definition) is 4. The minimum atomic E-state index is -0.373. The van der Waals surface area contributed by atoms with E-state index < -0.39 is 0 Å². The quantitative estimate of drug-likeness (QED) is 0.521. The summed E-state index contributed by atoms with van der Waals surface area (Å²) in [5.41, 5.74) is 4.47. The molecule has 0 heterocycles. The van der Waals surface area contributed by atoms with Gasteiger partial charge in [-0.3, -0.25) is 4.79 Å². The summed E-state index contributed by atoms with van der Waals surface area (Å²) in [4.78, 5) is 12.0. The molecule has 156 valence electrons. The van der Waals surface area contributed by atoms with Gasteiger partial charge < -0.3 is 9.84 Å². The first-order valence-electron chi connectivity index (χ1n) is 9.46. The number of phenolic OH excluding ortho intramolecular Hbond substituents is 1. The van der Waals surface area contributed by atoms with Gasteiger partial charge in [0.2, 0.25) is 0 Å². The lowest BCUT2D eigenvalue weighted by Gasteiger charge is -2.27. The fraction of sp³-hybridized carbons (Fsp3) is 0.391. The lowest BCUT2D eigenvalue weighted by molar-refractivity contribution is -0.123. The topological polar surface area (TPSA) is 70.9 Å². The maximum atomic E-state index is 12.0. The number of hydrogen-bond donors (Lipinski definition) is 2. The van der Waals surface area contributed by atoms with Crippen molar-refractivity contribution < 1.29 is 14.6 Å². The van der Waals surface area contributed by atoms with Crippen LogP contribution in [0, 0.1) is 0 Å². The number of ether oxygens (including phenoxy) is 1. The summed E-state index contributed by atoms with van der Waals surface area (Å²) >= 11 is 5.82. The van der Waals surface area contributed by atoms with E-state index in [1.165, 1.54) is 0 Å². The Hall–Kier alpha value is -2.53. The van der Waals surface area contributed by atoms with E-state index in [1.807, 2.05) is 53.7 Å². The van der Waals surface area contributed by atoms with E-state index in [9.17, 15) is 9.90 Å². The first kappa shape index (κ1) is 22.8. The van der Waals surface area contributed by atoms with Gasteiger partial charge in [0, 0.05) is 16.1 Å². The highest BCUT2D eigenvalue weighted by molar-refractivity contribution is 6.30. The van der Waals surface area contributed by atoms with Gasteiger partial charge in [0.25, 0.3) is 5.91 Å². The Balaban J connectivity index is 2.11. The summed E-state index contributed by atoms with van der Waals surface area (Å²) < 4.78 is 5.39. The number of benzene rings is 2. The predicted molar refractivity (Wildman–Crippen MR) is 118 cm³/mol. The van der Waals surface area contributed by atoms with Crippen LogP contribution in [-0.4, -0.2) is 23.8 Å². The van der Waals surface area contributed by atoms with E-state index in [1.54, 1.807) is 30.5 Å². The molecule has 29 heavy (non-hydrogen) atoms. The van der Waals surface area contributed by atoms with Crippen LogP contribution < -0.4 is 10.2 Å². The van der Waals surface area contributed by atoms with Crippen molar-refractivity contribution in [2.75, 3.05) is 6.61 Å². The molecule has 5 nitrogen and oxygen atoms in total. The Morgan fingerprint density at radius 1 is 1.07 bits per heavy atom. The monoisotopic (exact) mass is 416 g/mol. The van der Waals surface area contributed by atoms with E-state index >= 15 is 0 Å². The lowest BCUT2D eigenvalue weighted by atomic mass is 9.78. The molecule has 0 aromatic heterocycles. The summed E-state index contributed by atoms with van der Waals surface area (Å²) in [6.45, 7) is 12.1.